The van der Waals surface area contributed by atoms with Gasteiger partial charge < -0.3 is 0 Å². The number of aryl methyl sites for hydroxylation is 1. The van der Waals surface area contributed by atoms with Crippen LogP contribution >= 0.6 is 0 Å². The second-order valence-electron chi connectivity index (χ2n) is 4.69. The number of fused-ring (bicyclic) bond motifs is 1. The molecule has 0 nitrogen and oxygen atoms in total. The number of hydrogen-bond donors (Lipinski definition) is 0. The second kappa shape index (κ2) is 12.0. The molecule has 0 saturated carbocycles. The summed E-state index contributed by atoms with van der Waals surface area (Å²) < 4.78 is 0. The highest BCUT2D eigenvalue weighted by atomic mass is 14.0. The average Bonchev–Trinajstić information content (AvgIpc) is 2.54. The molecule has 2 aromatic rings. The predicted molar refractivity (Wildman–Crippen MR) is 98.9 cm³/mol. The van der Waals surface area contributed by atoms with E-state index in [9.17, 15) is 0 Å². The van der Waals surface area contributed by atoms with Gasteiger partial charge in [-0.15, -0.1) is 0 Å². The molecule has 0 heteroatoms. The van der Waals surface area contributed by atoms with Crippen molar-refractivity contribution < 1.29 is 0 Å². The topological polar surface area (TPSA) is 0 Å². The summed E-state index contributed by atoms with van der Waals surface area (Å²) in [6.45, 7) is 14.0. The summed E-state index contributed by atoms with van der Waals surface area (Å²) in [6, 6.07) is 15.1. The Balaban J connectivity index is 0.000000385. The first-order chi connectivity index (χ1) is 10.2. The van der Waals surface area contributed by atoms with E-state index in [2.05, 4.69) is 69.0 Å². The molecule has 0 spiro atoms. The van der Waals surface area contributed by atoms with Crippen LogP contribution in [-0.2, 0) is 6.42 Å². The van der Waals surface area contributed by atoms with Crippen molar-refractivity contribution >= 4 is 10.8 Å². The molecule has 0 heterocycles. The van der Waals surface area contributed by atoms with Gasteiger partial charge in [-0.2, -0.15) is 0 Å². The van der Waals surface area contributed by atoms with Crippen molar-refractivity contribution in [2.24, 2.45) is 0 Å². The zero-order valence-electron chi connectivity index (χ0n) is 14.3. The van der Waals surface area contributed by atoms with Crippen LogP contribution < -0.4 is 0 Å². The maximum Gasteiger partial charge on any atom is -0.0181 e. The molecule has 114 valence electrons. The molecule has 0 fully saturated rings. The maximum atomic E-state index is 3.71. The molecule has 0 atom stereocenters. The van der Waals surface area contributed by atoms with E-state index < -0.39 is 0 Å². The Bertz CT molecular complexity index is 547. The van der Waals surface area contributed by atoms with Crippen LogP contribution in [0.15, 0.2) is 66.8 Å². The largest absolute Gasteiger partial charge is 0.0961 e. The Morgan fingerprint density at radius 1 is 1.00 bits per heavy atom. The van der Waals surface area contributed by atoms with E-state index >= 15 is 0 Å². The number of allylic oxidation sites excluding steroid dienone is 3. The molecule has 0 saturated heterocycles. The minimum Gasteiger partial charge on any atom is -0.0961 e. The molecule has 2 rings (SSSR count). The van der Waals surface area contributed by atoms with Crippen LogP contribution in [0.3, 0.4) is 0 Å². The third kappa shape index (κ3) is 8.14. The zero-order chi connectivity index (χ0) is 16.1. The minimum atomic E-state index is 1.10. The first-order valence-corrected chi connectivity index (χ1v) is 7.97. The fraction of sp³-hybridized carbons (Fsp3) is 0.333. The third-order valence-electron chi connectivity index (χ3n) is 2.86. The maximum absolute atomic E-state index is 3.71. The highest BCUT2D eigenvalue weighted by Crippen LogP contribution is 2.15. The van der Waals surface area contributed by atoms with Crippen LogP contribution in [0.4, 0.5) is 0 Å². The number of rotatable bonds is 3. The molecule has 2 aromatic carbocycles. The summed E-state index contributed by atoms with van der Waals surface area (Å²) >= 11 is 0. The van der Waals surface area contributed by atoms with E-state index in [-0.39, 0.29) is 0 Å². The van der Waals surface area contributed by atoms with E-state index in [1.54, 1.807) is 0 Å². The molecule has 0 radical (unpaired) electrons. The zero-order valence-corrected chi connectivity index (χ0v) is 14.3. The lowest BCUT2D eigenvalue weighted by Crippen LogP contribution is -1.79. The molecule has 0 bridgehead atoms. The van der Waals surface area contributed by atoms with Crippen molar-refractivity contribution in [2.45, 2.75) is 47.5 Å². The SMILES string of the molecule is C=C(C)/C=C\CC.CC.CCc1ccc2ccccc2c1. The Morgan fingerprint density at radius 3 is 2.10 bits per heavy atom. The van der Waals surface area contributed by atoms with Gasteiger partial charge in [-0.3, -0.25) is 0 Å². The lowest BCUT2D eigenvalue weighted by molar-refractivity contribution is 1.15. The Labute approximate surface area is 131 Å². The summed E-state index contributed by atoms with van der Waals surface area (Å²) in [5.74, 6) is 0. The highest BCUT2D eigenvalue weighted by Gasteiger charge is 1.92. The van der Waals surface area contributed by atoms with E-state index in [1.165, 1.54) is 16.3 Å². The molecular weight excluding hydrogens is 252 g/mol. The fourth-order valence-corrected chi connectivity index (χ4v) is 1.78. The van der Waals surface area contributed by atoms with Crippen LogP contribution in [0.25, 0.3) is 10.8 Å². The molecule has 0 aliphatic heterocycles. The van der Waals surface area contributed by atoms with Gasteiger partial charge in [-0.25, -0.2) is 0 Å². The third-order valence-corrected chi connectivity index (χ3v) is 2.86. The number of benzene rings is 2. The lowest BCUT2D eigenvalue weighted by Gasteiger charge is -1.99. The molecule has 0 aliphatic carbocycles. The summed E-state index contributed by atoms with van der Waals surface area (Å²) in [5, 5.41) is 2.67. The Morgan fingerprint density at radius 2 is 1.62 bits per heavy atom. The summed E-state index contributed by atoms with van der Waals surface area (Å²) in [7, 11) is 0. The van der Waals surface area contributed by atoms with Crippen molar-refractivity contribution in [3.63, 3.8) is 0 Å². The van der Waals surface area contributed by atoms with Crippen molar-refractivity contribution in [1.82, 2.24) is 0 Å². The first-order valence-electron chi connectivity index (χ1n) is 7.97. The lowest BCUT2D eigenvalue weighted by atomic mass is 10.1. The molecule has 0 aromatic heterocycles. The van der Waals surface area contributed by atoms with Crippen LogP contribution in [0.5, 0.6) is 0 Å². The predicted octanol–water partition coefficient (Wildman–Crippen LogP) is 6.96. The quantitative estimate of drug-likeness (QED) is 0.534. The van der Waals surface area contributed by atoms with Crippen molar-refractivity contribution in [3.8, 4) is 0 Å². The van der Waals surface area contributed by atoms with Gasteiger partial charge in [0.2, 0.25) is 0 Å². The van der Waals surface area contributed by atoms with Gasteiger partial charge in [-0.05, 0) is 36.1 Å². The standard InChI is InChI=1S/C12H12.C7H12.C2H6/c1-2-10-7-8-11-5-3-4-6-12(11)9-10;1-4-5-6-7(2)3;1-2/h3-9H,2H2,1H3;5-6H,2,4H2,1,3H3;1-2H3/b;6-5-;. The van der Waals surface area contributed by atoms with Gasteiger partial charge in [0.25, 0.3) is 0 Å². The smallest absolute Gasteiger partial charge is 0.0181 e. The van der Waals surface area contributed by atoms with Crippen molar-refractivity contribution in [3.05, 3.63) is 72.3 Å². The summed E-state index contributed by atoms with van der Waals surface area (Å²) in [6.07, 6.45) is 6.35. The van der Waals surface area contributed by atoms with Crippen LogP contribution in [0.2, 0.25) is 0 Å². The van der Waals surface area contributed by atoms with Crippen LogP contribution in [0, 0.1) is 0 Å². The fourth-order valence-electron chi connectivity index (χ4n) is 1.78. The Kier molecular flexibility index (Phi) is 10.9. The van der Waals surface area contributed by atoms with Gasteiger partial charge in [0.1, 0.15) is 0 Å². The van der Waals surface area contributed by atoms with E-state index in [0.717, 1.165) is 18.4 Å². The Hall–Kier alpha value is -1.82. The second-order valence-corrected chi connectivity index (χ2v) is 4.69. The van der Waals surface area contributed by atoms with Gasteiger partial charge in [-0.1, -0.05) is 94.5 Å². The van der Waals surface area contributed by atoms with Gasteiger partial charge in [0.15, 0.2) is 0 Å². The van der Waals surface area contributed by atoms with E-state index in [1.807, 2.05) is 26.8 Å². The molecule has 0 aliphatic rings. The molecule has 0 N–H and O–H groups in total. The average molecular weight is 282 g/mol. The summed E-state index contributed by atoms with van der Waals surface area (Å²) in [4.78, 5) is 0. The molecule has 0 unspecified atom stereocenters. The van der Waals surface area contributed by atoms with Gasteiger partial charge in [0.05, 0.1) is 0 Å². The number of hydrogen-bond acceptors (Lipinski definition) is 0. The van der Waals surface area contributed by atoms with Gasteiger partial charge >= 0.3 is 0 Å². The van der Waals surface area contributed by atoms with Crippen molar-refractivity contribution in [2.75, 3.05) is 0 Å². The minimum absolute atomic E-state index is 1.10. The van der Waals surface area contributed by atoms with Crippen LogP contribution in [-0.4, -0.2) is 0 Å². The normalized spacial score (nSPS) is 9.57. The first kappa shape index (κ1) is 19.2. The van der Waals surface area contributed by atoms with Gasteiger partial charge in [0, 0.05) is 0 Å². The van der Waals surface area contributed by atoms with Crippen LogP contribution in [0.1, 0.15) is 46.6 Å². The highest BCUT2D eigenvalue weighted by molar-refractivity contribution is 5.82. The molecular formula is C21H30. The van der Waals surface area contributed by atoms with E-state index in [4.69, 9.17) is 0 Å². The van der Waals surface area contributed by atoms with E-state index in [0.29, 0.717) is 0 Å². The molecule has 21 heavy (non-hydrogen) atoms. The monoisotopic (exact) mass is 282 g/mol. The summed E-state index contributed by atoms with van der Waals surface area (Å²) in [5.41, 5.74) is 2.54. The van der Waals surface area contributed by atoms with Crippen molar-refractivity contribution in [1.29, 1.82) is 0 Å². The molecule has 0 amide bonds.